The number of thiocarbonyl (C=S) groups is 1. The predicted octanol–water partition coefficient (Wildman–Crippen LogP) is 1.20. The molecule has 0 aromatic heterocycles. The van der Waals surface area contributed by atoms with Gasteiger partial charge in [0.2, 0.25) is 0 Å². The summed E-state index contributed by atoms with van der Waals surface area (Å²) >= 11 is 5.04. The molecule has 0 radical (unpaired) electrons. The summed E-state index contributed by atoms with van der Waals surface area (Å²) < 4.78 is 0. The Kier molecular flexibility index (Phi) is 3.66. The van der Waals surface area contributed by atoms with E-state index >= 15 is 0 Å². The van der Waals surface area contributed by atoms with Crippen molar-refractivity contribution in [3.05, 3.63) is 11.8 Å². The average molecular weight is 237 g/mol. The zero-order valence-electron chi connectivity index (χ0n) is 9.70. The topological polar surface area (TPSA) is 56.1 Å². The highest BCUT2D eigenvalue weighted by Crippen LogP contribution is 2.20. The van der Waals surface area contributed by atoms with Crippen LogP contribution in [0.15, 0.2) is 11.8 Å². The lowest BCUT2D eigenvalue weighted by Gasteiger charge is -2.17. The summed E-state index contributed by atoms with van der Waals surface area (Å²) in [6.45, 7) is 6.82. The number of nitriles is 1. The van der Waals surface area contributed by atoms with E-state index in [4.69, 9.17) is 17.5 Å². The average Bonchev–Trinajstić information content (AvgIpc) is 2.58. The Labute approximate surface area is 101 Å². The van der Waals surface area contributed by atoms with Crippen molar-refractivity contribution >= 4 is 23.1 Å². The van der Waals surface area contributed by atoms with E-state index in [0.717, 1.165) is 6.54 Å². The van der Waals surface area contributed by atoms with Gasteiger partial charge in [0, 0.05) is 24.7 Å². The Morgan fingerprint density at radius 3 is 2.62 bits per heavy atom. The van der Waals surface area contributed by atoms with Crippen molar-refractivity contribution in [3.8, 4) is 6.07 Å². The van der Waals surface area contributed by atoms with E-state index in [-0.39, 0.29) is 11.4 Å². The molecule has 0 amide bonds. The van der Waals surface area contributed by atoms with Gasteiger partial charge in [0.25, 0.3) is 0 Å². The molecule has 0 aromatic carbocycles. The first kappa shape index (κ1) is 12.7. The predicted molar refractivity (Wildman–Crippen MR) is 65.5 cm³/mol. The number of hydrogen-bond acceptors (Lipinski definition) is 3. The standard InChI is InChI=1S/C11H15N3OS/c1-11(2,3)9(15)8(6-12)7-14-5-4-13-10(14)16/h7H,4-5H2,1-3H3,(H,13,16)/b8-7+. The van der Waals surface area contributed by atoms with Crippen molar-refractivity contribution in [2.24, 2.45) is 5.41 Å². The van der Waals surface area contributed by atoms with Crippen LogP contribution >= 0.6 is 12.2 Å². The zero-order valence-corrected chi connectivity index (χ0v) is 10.5. The third kappa shape index (κ3) is 2.80. The molecule has 5 heteroatoms. The van der Waals surface area contributed by atoms with Crippen molar-refractivity contribution in [1.82, 2.24) is 10.2 Å². The van der Waals surface area contributed by atoms with E-state index in [1.807, 2.05) is 6.07 Å². The second-order valence-electron chi connectivity index (χ2n) is 4.66. The van der Waals surface area contributed by atoms with Crippen molar-refractivity contribution in [2.45, 2.75) is 20.8 Å². The summed E-state index contributed by atoms with van der Waals surface area (Å²) in [5, 5.41) is 12.5. The molecule has 0 aliphatic carbocycles. The van der Waals surface area contributed by atoms with Gasteiger partial charge in [0.15, 0.2) is 10.9 Å². The molecule has 0 aromatic rings. The molecule has 0 bridgehead atoms. The van der Waals surface area contributed by atoms with E-state index in [9.17, 15) is 4.79 Å². The lowest BCUT2D eigenvalue weighted by Crippen LogP contribution is -2.26. The molecule has 1 saturated heterocycles. The van der Waals surface area contributed by atoms with E-state index in [1.54, 1.807) is 25.7 Å². The van der Waals surface area contributed by atoms with Crippen LogP contribution in [0.3, 0.4) is 0 Å². The lowest BCUT2D eigenvalue weighted by atomic mass is 9.87. The first-order valence-electron chi connectivity index (χ1n) is 5.07. The van der Waals surface area contributed by atoms with Crippen LogP contribution in [0.1, 0.15) is 20.8 Å². The molecule has 1 fully saturated rings. The summed E-state index contributed by atoms with van der Waals surface area (Å²) in [5.41, 5.74) is -0.394. The van der Waals surface area contributed by atoms with Gasteiger partial charge in [-0.1, -0.05) is 20.8 Å². The lowest BCUT2D eigenvalue weighted by molar-refractivity contribution is -0.122. The summed E-state index contributed by atoms with van der Waals surface area (Å²) in [4.78, 5) is 13.6. The van der Waals surface area contributed by atoms with E-state index < -0.39 is 5.41 Å². The number of hydrogen-bond donors (Lipinski definition) is 1. The number of allylic oxidation sites excluding steroid dienone is 1. The Morgan fingerprint density at radius 1 is 1.62 bits per heavy atom. The molecule has 16 heavy (non-hydrogen) atoms. The van der Waals surface area contributed by atoms with Gasteiger partial charge < -0.3 is 10.2 Å². The van der Waals surface area contributed by atoms with Gasteiger partial charge in [0.1, 0.15) is 11.6 Å². The van der Waals surface area contributed by atoms with E-state index in [1.165, 1.54) is 6.20 Å². The number of nitrogens with one attached hydrogen (secondary N) is 1. The molecule has 0 atom stereocenters. The van der Waals surface area contributed by atoms with Gasteiger partial charge in [-0.15, -0.1) is 0 Å². The van der Waals surface area contributed by atoms with Crippen LogP contribution in [0.5, 0.6) is 0 Å². The second-order valence-corrected chi connectivity index (χ2v) is 5.05. The highest BCUT2D eigenvalue weighted by Gasteiger charge is 2.26. The summed E-state index contributed by atoms with van der Waals surface area (Å²) in [5.74, 6) is -0.162. The molecule has 4 nitrogen and oxygen atoms in total. The van der Waals surface area contributed by atoms with Crippen LogP contribution in [0, 0.1) is 16.7 Å². The molecule has 1 N–H and O–H groups in total. The highest BCUT2D eigenvalue weighted by molar-refractivity contribution is 7.80. The van der Waals surface area contributed by atoms with Gasteiger partial charge in [-0.3, -0.25) is 4.79 Å². The van der Waals surface area contributed by atoms with Crippen LogP contribution in [0.2, 0.25) is 0 Å². The minimum atomic E-state index is -0.545. The van der Waals surface area contributed by atoms with Gasteiger partial charge in [0.05, 0.1) is 0 Å². The molecular formula is C11H15N3OS. The van der Waals surface area contributed by atoms with Crippen molar-refractivity contribution in [1.29, 1.82) is 5.26 Å². The molecule has 0 saturated carbocycles. The van der Waals surface area contributed by atoms with Crippen LogP contribution in [0.25, 0.3) is 0 Å². The van der Waals surface area contributed by atoms with Gasteiger partial charge in [-0.05, 0) is 12.2 Å². The quantitative estimate of drug-likeness (QED) is 0.444. The first-order chi connectivity index (χ1) is 7.36. The molecule has 1 rings (SSSR count). The maximum atomic E-state index is 11.9. The number of carbonyl (C=O) groups is 1. The maximum Gasteiger partial charge on any atom is 0.180 e. The van der Waals surface area contributed by atoms with Gasteiger partial charge >= 0.3 is 0 Å². The van der Waals surface area contributed by atoms with E-state index in [2.05, 4.69) is 5.32 Å². The monoisotopic (exact) mass is 237 g/mol. The molecule has 1 aliphatic rings. The third-order valence-electron chi connectivity index (χ3n) is 2.22. The van der Waals surface area contributed by atoms with Crippen molar-refractivity contribution in [3.63, 3.8) is 0 Å². The zero-order chi connectivity index (χ0) is 12.3. The third-order valence-corrected chi connectivity index (χ3v) is 2.60. The van der Waals surface area contributed by atoms with Crippen molar-refractivity contribution < 1.29 is 4.79 Å². The summed E-state index contributed by atoms with van der Waals surface area (Å²) in [6, 6.07) is 1.94. The summed E-state index contributed by atoms with van der Waals surface area (Å²) in [7, 11) is 0. The minimum absolute atomic E-state index is 0.151. The second kappa shape index (κ2) is 4.62. The minimum Gasteiger partial charge on any atom is -0.360 e. The molecule has 0 unspecified atom stereocenters. The van der Waals surface area contributed by atoms with Gasteiger partial charge in [-0.2, -0.15) is 5.26 Å². The fourth-order valence-corrected chi connectivity index (χ4v) is 1.55. The largest absolute Gasteiger partial charge is 0.360 e. The van der Waals surface area contributed by atoms with Crippen LogP contribution in [-0.4, -0.2) is 28.9 Å². The summed E-state index contributed by atoms with van der Waals surface area (Å²) in [6.07, 6.45) is 1.54. The molecule has 86 valence electrons. The number of ketones is 1. The van der Waals surface area contributed by atoms with Crippen molar-refractivity contribution in [2.75, 3.05) is 13.1 Å². The smallest absolute Gasteiger partial charge is 0.180 e. The SMILES string of the molecule is CC(C)(C)C(=O)/C(C#N)=C/N1CCNC1=S. The number of Topliss-reactive ketones (excluding diaryl/α,β-unsaturated/α-hetero) is 1. The van der Waals surface area contributed by atoms with Crippen LogP contribution < -0.4 is 5.32 Å². The number of carbonyl (C=O) groups excluding carboxylic acids is 1. The Morgan fingerprint density at radius 2 is 2.25 bits per heavy atom. The Balaban J connectivity index is 2.91. The van der Waals surface area contributed by atoms with Crippen LogP contribution in [0.4, 0.5) is 0 Å². The maximum absolute atomic E-state index is 11.9. The van der Waals surface area contributed by atoms with Crippen LogP contribution in [-0.2, 0) is 4.79 Å². The number of nitrogens with zero attached hydrogens (tertiary/aromatic N) is 2. The molecule has 0 spiro atoms. The Hall–Kier alpha value is -1.41. The first-order valence-corrected chi connectivity index (χ1v) is 5.48. The molecular weight excluding hydrogens is 222 g/mol. The molecule has 1 aliphatic heterocycles. The Bertz CT molecular complexity index is 387. The fourth-order valence-electron chi connectivity index (χ4n) is 1.31. The molecule has 1 heterocycles. The van der Waals surface area contributed by atoms with E-state index in [0.29, 0.717) is 11.7 Å². The highest BCUT2D eigenvalue weighted by atomic mass is 32.1. The normalized spacial score (nSPS) is 17.0. The van der Waals surface area contributed by atoms with Gasteiger partial charge in [-0.25, -0.2) is 0 Å². The fraction of sp³-hybridized carbons (Fsp3) is 0.545. The number of rotatable bonds is 2.